The smallest absolute Gasteiger partial charge is 0.273 e. The lowest BCUT2D eigenvalue weighted by Crippen LogP contribution is -2.55. The third-order valence-electron chi connectivity index (χ3n) is 5.57. The number of sulfonamides is 1. The van der Waals surface area contributed by atoms with E-state index in [1.807, 2.05) is 0 Å². The molecule has 3 aromatic rings. The molecule has 3 N–H and O–H groups in total. The standard InChI is InChI=1S/C20H23N9O5S/c1-21-19(31)17-14(7-15(25-26-17)23-18(30)11-3-4-11)22-20-24-16-6-5-12(10-29(16)27-20)34-13-8-28(9-13)35(2,32)33/h5-7,10-11,13H,3-4,8-9H2,1-2H3,(H,21,31)(H2,22,23,25,27,30). The van der Waals surface area contributed by atoms with Gasteiger partial charge in [-0.1, -0.05) is 0 Å². The number of rotatable bonds is 8. The molecule has 1 saturated carbocycles. The lowest BCUT2D eigenvalue weighted by atomic mass is 10.2. The van der Waals surface area contributed by atoms with Crippen molar-refractivity contribution >= 4 is 44.9 Å². The summed E-state index contributed by atoms with van der Waals surface area (Å²) in [5.41, 5.74) is 0.797. The van der Waals surface area contributed by atoms with Crippen LogP contribution in [0.1, 0.15) is 23.3 Å². The van der Waals surface area contributed by atoms with Crippen molar-refractivity contribution in [2.24, 2.45) is 5.92 Å². The van der Waals surface area contributed by atoms with Crippen LogP contribution in [0, 0.1) is 5.92 Å². The first-order valence-electron chi connectivity index (χ1n) is 10.9. The number of amides is 2. The average Bonchev–Trinajstić information content (AvgIpc) is 3.55. The summed E-state index contributed by atoms with van der Waals surface area (Å²) in [6.45, 7) is 0.579. The number of nitrogens with one attached hydrogen (secondary N) is 3. The highest BCUT2D eigenvalue weighted by molar-refractivity contribution is 7.88. The molecule has 5 rings (SSSR count). The minimum atomic E-state index is -3.22. The summed E-state index contributed by atoms with van der Waals surface area (Å²) < 4.78 is 31.7. The third-order valence-corrected chi connectivity index (χ3v) is 6.81. The second-order valence-electron chi connectivity index (χ2n) is 8.38. The first-order chi connectivity index (χ1) is 16.7. The van der Waals surface area contributed by atoms with Gasteiger partial charge in [0.25, 0.3) is 5.91 Å². The largest absolute Gasteiger partial charge is 0.486 e. The van der Waals surface area contributed by atoms with Crippen molar-refractivity contribution in [2.75, 3.05) is 37.0 Å². The summed E-state index contributed by atoms with van der Waals surface area (Å²) in [7, 11) is -1.75. The molecule has 2 amide bonds. The zero-order valence-electron chi connectivity index (χ0n) is 18.9. The Balaban J connectivity index is 1.33. The summed E-state index contributed by atoms with van der Waals surface area (Å²) in [5.74, 6) is 0.281. The quantitative estimate of drug-likeness (QED) is 0.381. The first-order valence-corrected chi connectivity index (χ1v) is 12.7. The van der Waals surface area contributed by atoms with Crippen LogP contribution in [0.15, 0.2) is 24.4 Å². The van der Waals surface area contributed by atoms with Crippen LogP contribution in [0.5, 0.6) is 5.75 Å². The predicted octanol–water partition coefficient (Wildman–Crippen LogP) is -0.00640. The highest BCUT2D eigenvalue weighted by Gasteiger charge is 2.35. The van der Waals surface area contributed by atoms with Crippen molar-refractivity contribution in [3.8, 4) is 5.75 Å². The van der Waals surface area contributed by atoms with Crippen LogP contribution in [0.3, 0.4) is 0 Å². The summed E-state index contributed by atoms with van der Waals surface area (Å²) in [6, 6.07) is 4.92. The van der Waals surface area contributed by atoms with E-state index in [9.17, 15) is 18.0 Å². The number of ether oxygens (including phenoxy) is 1. The molecule has 4 heterocycles. The van der Waals surface area contributed by atoms with Gasteiger partial charge in [0.05, 0.1) is 31.2 Å². The van der Waals surface area contributed by atoms with Gasteiger partial charge < -0.3 is 20.7 Å². The third kappa shape index (κ3) is 5.00. The van der Waals surface area contributed by atoms with Gasteiger partial charge in [-0.3, -0.25) is 9.59 Å². The van der Waals surface area contributed by atoms with E-state index in [2.05, 4.69) is 36.2 Å². The number of nitrogens with zero attached hydrogens (tertiary/aromatic N) is 6. The number of carbonyl (C=O) groups is 2. The van der Waals surface area contributed by atoms with Gasteiger partial charge in [0.1, 0.15) is 11.9 Å². The molecule has 14 nitrogen and oxygen atoms in total. The van der Waals surface area contributed by atoms with E-state index < -0.39 is 15.9 Å². The molecule has 184 valence electrons. The van der Waals surface area contributed by atoms with Gasteiger partial charge in [0.15, 0.2) is 17.2 Å². The lowest BCUT2D eigenvalue weighted by Gasteiger charge is -2.36. The minimum absolute atomic E-state index is 0.0141. The second kappa shape index (κ2) is 8.74. The van der Waals surface area contributed by atoms with Gasteiger partial charge in [0.2, 0.25) is 21.9 Å². The molecule has 35 heavy (non-hydrogen) atoms. The summed E-state index contributed by atoms with van der Waals surface area (Å²) in [6.07, 6.45) is 4.23. The van der Waals surface area contributed by atoms with Crippen LogP contribution < -0.4 is 20.7 Å². The van der Waals surface area contributed by atoms with Gasteiger partial charge in [-0.15, -0.1) is 15.3 Å². The average molecular weight is 502 g/mol. The van der Waals surface area contributed by atoms with Crippen molar-refractivity contribution in [3.63, 3.8) is 0 Å². The maximum atomic E-state index is 12.3. The Morgan fingerprint density at radius 3 is 2.63 bits per heavy atom. The van der Waals surface area contributed by atoms with Gasteiger partial charge in [-0.05, 0) is 25.0 Å². The monoisotopic (exact) mass is 501 g/mol. The highest BCUT2D eigenvalue weighted by Crippen LogP contribution is 2.30. The summed E-state index contributed by atoms with van der Waals surface area (Å²) in [5, 5.41) is 20.4. The molecule has 2 fully saturated rings. The molecule has 0 aromatic carbocycles. The van der Waals surface area contributed by atoms with Crippen molar-refractivity contribution < 1.29 is 22.7 Å². The maximum absolute atomic E-state index is 12.3. The summed E-state index contributed by atoms with van der Waals surface area (Å²) >= 11 is 0. The highest BCUT2D eigenvalue weighted by atomic mass is 32.2. The number of hydrogen-bond donors (Lipinski definition) is 3. The molecule has 2 aliphatic rings. The van der Waals surface area contributed by atoms with E-state index in [-0.39, 0.29) is 54.2 Å². The Morgan fingerprint density at radius 2 is 1.94 bits per heavy atom. The topological polar surface area (TPSA) is 173 Å². The van der Waals surface area contributed by atoms with E-state index in [1.165, 1.54) is 21.9 Å². The van der Waals surface area contributed by atoms with Crippen molar-refractivity contribution in [1.29, 1.82) is 0 Å². The second-order valence-corrected chi connectivity index (χ2v) is 10.4. The lowest BCUT2D eigenvalue weighted by molar-refractivity contribution is -0.117. The molecule has 1 aliphatic heterocycles. The number of anilines is 3. The molecule has 0 bridgehead atoms. The molecule has 15 heteroatoms. The van der Waals surface area contributed by atoms with Crippen molar-refractivity contribution in [2.45, 2.75) is 18.9 Å². The fraction of sp³-hybridized carbons (Fsp3) is 0.400. The Hall–Kier alpha value is -3.85. The SMILES string of the molecule is CNC(=O)c1nnc(NC(=O)C2CC2)cc1Nc1nc2ccc(OC3CN(S(C)(=O)=O)C3)cn2n1. The number of hydrogen-bond acceptors (Lipinski definition) is 10. The molecular weight excluding hydrogens is 478 g/mol. The van der Waals surface area contributed by atoms with Crippen LogP contribution in [-0.4, -0.2) is 81.8 Å². The molecule has 0 unspecified atom stereocenters. The fourth-order valence-electron chi connectivity index (χ4n) is 3.45. The van der Waals surface area contributed by atoms with Crippen LogP contribution >= 0.6 is 0 Å². The normalized spacial score (nSPS) is 16.5. The Kier molecular flexibility index (Phi) is 5.72. The van der Waals surface area contributed by atoms with Crippen LogP contribution in [0.25, 0.3) is 5.65 Å². The first kappa shape index (κ1) is 22.9. The maximum Gasteiger partial charge on any atom is 0.273 e. The molecule has 1 saturated heterocycles. The van der Waals surface area contributed by atoms with Gasteiger partial charge in [-0.2, -0.15) is 9.29 Å². The van der Waals surface area contributed by atoms with Gasteiger partial charge in [0, 0.05) is 19.0 Å². The molecule has 0 atom stereocenters. The van der Waals surface area contributed by atoms with E-state index in [0.29, 0.717) is 11.4 Å². The Morgan fingerprint density at radius 1 is 1.17 bits per heavy atom. The summed E-state index contributed by atoms with van der Waals surface area (Å²) in [4.78, 5) is 28.7. The molecule has 0 spiro atoms. The van der Waals surface area contributed by atoms with E-state index in [0.717, 1.165) is 19.1 Å². The predicted molar refractivity (Wildman–Crippen MR) is 124 cm³/mol. The zero-order chi connectivity index (χ0) is 24.7. The zero-order valence-corrected chi connectivity index (χ0v) is 19.7. The van der Waals surface area contributed by atoms with E-state index in [1.54, 1.807) is 18.3 Å². The fourth-order valence-corrected chi connectivity index (χ4v) is 4.33. The van der Waals surface area contributed by atoms with E-state index in [4.69, 9.17) is 4.74 Å². The van der Waals surface area contributed by atoms with Crippen LogP contribution in [0.4, 0.5) is 17.5 Å². The molecule has 0 radical (unpaired) electrons. The van der Waals surface area contributed by atoms with Crippen LogP contribution in [0.2, 0.25) is 0 Å². The van der Waals surface area contributed by atoms with Crippen molar-refractivity contribution in [1.82, 2.24) is 34.4 Å². The Bertz CT molecular complexity index is 1410. The molecule has 1 aliphatic carbocycles. The Labute approximate surface area is 200 Å². The number of aromatic nitrogens is 5. The number of carbonyl (C=O) groups excluding carboxylic acids is 2. The number of fused-ring (bicyclic) bond motifs is 1. The molecule has 3 aromatic heterocycles. The minimum Gasteiger partial charge on any atom is -0.486 e. The van der Waals surface area contributed by atoms with Gasteiger partial charge in [-0.25, -0.2) is 12.9 Å². The van der Waals surface area contributed by atoms with E-state index >= 15 is 0 Å². The molecular formula is C20H23N9O5S. The van der Waals surface area contributed by atoms with Crippen molar-refractivity contribution in [3.05, 3.63) is 30.1 Å². The van der Waals surface area contributed by atoms with Gasteiger partial charge >= 0.3 is 0 Å². The van der Waals surface area contributed by atoms with Crippen LogP contribution in [-0.2, 0) is 14.8 Å². The number of pyridine rings is 1.